The van der Waals surface area contributed by atoms with E-state index in [9.17, 15) is 4.79 Å². The molecule has 3 nitrogen and oxygen atoms in total. The Bertz CT molecular complexity index is 204. The summed E-state index contributed by atoms with van der Waals surface area (Å²) in [6, 6.07) is 0. The average Bonchev–Trinajstić information content (AvgIpc) is 2.75. The molecule has 0 saturated heterocycles. The monoisotopic (exact) mass is 154 g/mol. The third-order valence-corrected chi connectivity index (χ3v) is 2.66. The summed E-state index contributed by atoms with van der Waals surface area (Å²) in [6.45, 7) is 2.07. The summed E-state index contributed by atoms with van der Waals surface area (Å²) in [7, 11) is 0. The molecule has 62 valence electrons. The van der Waals surface area contributed by atoms with Gasteiger partial charge in [0.15, 0.2) is 0 Å². The highest BCUT2D eigenvalue weighted by molar-refractivity contribution is 5.89. The van der Waals surface area contributed by atoms with E-state index >= 15 is 0 Å². The molecule has 0 heterocycles. The molecule has 0 aliphatic heterocycles. The van der Waals surface area contributed by atoms with Crippen LogP contribution in [0.2, 0.25) is 0 Å². The lowest BCUT2D eigenvalue weighted by Crippen LogP contribution is -2.47. The van der Waals surface area contributed by atoms with E-state index in [4.69, 9.17) is 5.73 Å². The van der Waals surface area contributed by atoms with Crippen LogP contribution in [0.4, 0.5) is 0 Å². The number of amides is 1. The molecule has 0 radical (unpaired) electrons. The van der Waals surface area contributed by atoms with Crippen molar-refractivity contribution < 1.29 is 4.79 Å². The Morgan fingerprint density at radius 1 is 1.36 bits per heavy atom. The first-order chi connectivity index (χ1) is 5.04. The van der Waals surface area contributed by atoms with Gasteiger partial charge in [0.2, 0.25) is 5.91 Å². The third-order valence-electron chi connectivity index (χ3n) is 2.66. The van der Waals surface area contributed by atoms with Crippen molar-refractivity contribution in [3.8, 4) is 0 Å². The van der Waals surface area contributed by atoms with Crippen molar-refractivity contribution >= 4 is 5.91 Å². The van der Waals surface area contributed by atoms with Crippen molar-refractivity contribution in [3.05, 3.63) is 0 Å². The van der Waals surface area contributed by atoms with Gasteiger partial charge in [-0.2, -0.15) is 0 Å². The first-order valence-corrected chi connectivity index (χ1v) is 4.16. The minimum atomic E-state index is -0.494. The van der Waals surface area contributed by atoms with Crippen molar-refractivity contribution in [1.82, 2.24) is 5.32 Å². The number of carbonyl (C=O) groups excluding carboxylic acids is 1. The molecule has 2 fully saturated rings. The molecule has 0 atom stereocenters. The lowest BCUT2D eigenvalue weighted by atomic mass is 10.2. The molecule has 0 aromatic rings. The SMILES string of the molecule is CC1(NC(=O)C2(N)CC2)CC1. The van der Waals surface area contributed by atoms with Crippen LogP contribution in [-0.4, -0.2) is 17.0 Å². The highest BCUT2D eigenvalue weighted by Crippen LogP contribution is 2.38. The maximum atomic E-state index is 11.3. The topological polar surface area (TPSA) is 55.1 Å². The maximum Gasteiger partial charge on any atom is 0.240 e. The van der Waals surface area contributed by atoms with E-state index in [1.54, 1.807) is 0 Å². The van der Waals surface area contributed by atoms with E-state index in [1.165, 1.54) is 0 Å². The molecule has 3 N–H and O–H groups in total. The molecular weight excluding hydrogens is 140 g/mol. The van der Waals surface area contributed by atoms with Gasteiger partial charge in [0.05, 0.1) is 5.54 Å². The summed E-state index contributed by atoms with van der Waals surface area (Å²) in [4.78, 5) is 11.3. The Kier molecular flexibility index (Phi) is 1.15. The number of hydrogen-bond acceptors (Lipinski definition) is 2. The second-order valence-electron chi connectivity index (χ2n) is 4.17. The van der Waals surface area contributed by atoms with E-state index in [0.717, 1.165) is 25.7 Å². The van der Waals surface area contributed by atoms with E-state index in [1.807, 2.05) is 0 Å². The number of carbonyl (C=O) groups is 1. The van der Waals surface area contributed by atoms with Crippen molar-refractivity contribution in [3.63, 3.8) is 0 Å². The van der Waals surface area contributed by atoms with Crippen LogP contribution in [0.5, 0.6) is 0 Å². The average molecular weight is 154 g/mol. The third kappa shape index (κ3) is 1.25. The summed E-state index contributed by atoms with van der Waals surface area (Å²) in [6.07, 6.45) is 3.92. The van der Waals surface area contributed by atoms with Crippen LogP contribution in [-0.2, 0) is 4.79 Å². The maximum absolute atomic E-state index is 11.3. The lowest BCUT2D eigenvalue weighted by Gasteiger charge is -2.14. The molecule has 0 bridgehead atoms. The summed E-state index contributed by atoms with van der Waals surface area (Å²) >= 11 is 0. The summed E-state index contributed by atoms with van der Waals surface area (Å²) in [5, 5.41) is 2.97. The second kappa shape index (κ2) is 1.78. The fraction of sp³-hybridized carbons (Fsp3) is 0.875. The van der Waals surface area contributed by atoms with E-state index in [2.05, 4.69) is 12.2 Å². The van der Waals surface area contributed by atoms with E-state index in [0.29, 0.717) is 0 Å². The van der Waals surface area contributed by atoms with Gasteiger partial charge in [-0.05, 0) is 32.6 Å². The van der Waals surface area contributed by atoms with Crippen molar-refractivity contribution in [1.29, 1.82) is 0 Å². The molecular formula is C8H14N2O. The molecule has 3 heteroatoms. The minimum Gasteiger partial charge on any atom is -0.349 e. The lowest BCUT2D eigenvalue weighted by molar-refractivity contribution is -0.124. The smallest absolute Gasteiger partial charge is 0.240 e. The predicted molar refractivity (Wildman–Crippen MR) is 41.9 cm³/mol. The molecule has 11 heavy (non-hydrogen) atoms. The standard InChI is InChI=1S/C8H14N2O/c1-7(2-3-7)10-6(11)8(9)4-5-8/h2-5,9H2,1H3,(H,10,11). The van der Waals surface area contributed by atoms with Gasteiger partial charge in [-0.15, -0.1) is 0 Å². The zero-order valence-electron chi connectivity index (χ0n) is 6.81. The van der Waals surface area contributed by atoms with Gasteiger partial charge in [0.25, 0.3) is 0 Å². The van der Waals surface area contributed by atoms with Gasteiger partial charge in [-0.3, -0.25) is 4.79 Å². The van der Waals surface area contributed by atoms with Crippen LogP contribution in [0.1, 0.15) is 32.6 Å². The number of hydrogen-bond donors (Lipinski definition) is 2. The second-order valence-corrected chi connectivity index (χ2v) is 4.17. The molecule has 0 spiro atoms. The van der Waals surface area contributed by atoms with Crippen LogP contribution in [0.25, 0.3) is 0 Å². The van der Waals surface area contributed by atoms with Crippen LogP contribution >= 0.6 is 0 Å². The Labute approximate surface area is 66.3 Å². The van der Waals surface area contributed by atoms with Crippen molar-refractivity contribution in [2.24, 2.45) is 5.73 Å². The van der Waals surface area contributed by atoms with Gasteiger partial charge in [0.1, 0.15) is 0 Å². The minimum absolute atomic E-state index is 0.0532. The van der Waals surface area contributed by atoms with Gasteiger partial charge >= 0.3 is 0 Å². The van der Waals surface area contributed by atoms with Gasteiger partial charge in [-0.25, -0.2) is 0 Å². The zero-order valence-corrected chi connectivity index (χ0v) is 6.81. The number of nitrogens with one attached hydrogen (secondary N) is 1. The molecule has 2 aliphatic rings. The van der Waals surface area contributed by atoms with Gasteiger partial charge < -0.3 is 11.1 Å². The summed E-state index contributed by atoms with van der Waals surface area (Å²) in [5.74, 6) is 0.0532. The zero-order chi connectivity index (χ0) is 8.11. The van der Waals surface area contributed by atoms with E-state index in [-0.39, 0.29) is 11.4 Å². The first-order valence-electron chi connectivity index (χ1n) is 4.16. The van der Waals surface area contributed by atoms with Gasteiger partial charge in [-0.1, -0.05) is 0 Å². The Hall–Kier alpha value is -0.570. The Balaban J connectivity index is 1.91. The first kappa shape index (κ1) is 7.10. The Morgan fingerprint density at radius 3 is 2.27 bits per heavy atom. The largest absolute Gasteiger partial charge is 0.349 e. The highest BCUT2D eigenvalue weighted by Gasteiger charge is 2.50. The number of rotatable bonds is 2. The predicted octanol–water partition coefficient (Wildman–Crippen LogP) is 0.146. The van der Waals surface area contributed by atoms with Gasteiger partial charge in [0, 0.05) is 5.54 Å². The Morgan fingerprint density at radius 2 is 1.91 bits per heavy atom. The van der Waals surface area contributed by atoms with Crippen LogP contribution in [0.3, 0.4) is 0 Å². The summed E-state index contributed by atoms with van der Waals surface area (Å²) < 4.78 is 0. The molecule has 2 rings (SSSR count). The quantitative estimate of drug-likeness (QED) is 0.594. The van der Waals surface area contributed by atoms with Crippen molar-refractivity contribution in [2.45, 2.75) is 43.7 Å². The highest BCUT2D eigenvalue weighted by atomic mass is 16.2. The van der Waals surface area contributed by atoms with Crippen LogP contribution in [0.15, 0.2) is 0 Å². The van der Waals surface area contributed by atoms with Crippen LogP contribution in [0, 0.1) is 0 Å². The molecule has 0 aromatic carbocycles. The number of nitrogens with two attached hydrogens (primary N) is 1. The fourth-order valence-corrected chi connectivity index (χ4v) is 1.07. The molecule has 0 unspecified atom stereocenters. The summed E-state index contributed by atoms with van der Waals surface area (Å²) in [5.41, 5.74) is 5.31. The molecule has 2 aliphatic carbocycles. The molecule has 2 saturated carbocycles. The van der Waals surface area contributed by atoms with E-state index < -0.39 is 5.54 Å². The van der Waals surface area contributed by atoms with Crippen LogP contribution < -0.4 is 11.1 Å². The molecule has 1 amide bonds. The molecule has 0 aromatic heterocycles. The fourth-order valence-electron chi connectivity index (χ4n) is 1.07. The normalized spacial score (nSPS) is 29.3. The van der Waals surface area contributed by atoms with Crippen molar-refractivity contribution in [2.75, 3.05) is 0 Å².